The highest BCUT2D eigenvalue weighted by Crippen LogP contribution is 2.73. The fraction of sp³-hybridized carbons (Fsp3) is 0.290. The molecule has 3 heteroatoms. The number of halogens is 2. The Hall–Kier alpha value is -4.30. The van der Waals surface area contributed by atoms with E-state index in [0.717, 1.165) is 22.3 Å². The number of benzene rings is 8. The largest absolute Gasteiger partial charge is 0.376 e. The lowest BCUT2D eigenvalue weighted by molar-refractivity contribution is 0.126. The summed E-state index contributed by atoms with van der Waals surface area (Å²) in [5, 5.41) is 20.2. The molecule has 0 saturated carbocycles. The Morgan fingerprint density at radius 2 is 0.954 bits per heavy atom. The maximum Gasteiger partial charge on any atom is 0.143 e. The van der Waals surface area contributed by atoms with E-state index < -0.39 is 11.0 Å². The summed E-state index contributed by atoms with van der Waals surface area (Å²) in [7, 11) is 0. The van der Waals surface area contributed by atoms with Gasteiger partial charge in [-0.2, -0.15) is 0 Å². The van der Waals surface area contributed by atoms with E-state index in [1.54, 1.807) is 0 Å². The van der Waals surface area contributed by atoms with Crippen LogP contribution in [-0.4, -0.2) is 5.11 Å². The van der Waals surface area contributed by atoms with Crippen LogP contribution in [0.25, 0.3) is 66.1 Å². The summed E-state index contributed by atoms with van der Waals surface area (Å²) < 4.78 is 2.44. The van der Waals surface area contributed by atoms with Crippen molar-refractivity contribution in [2.45, 2.75) is 116 Å². The van der Waals surface area contributed by atoms with Gasteiger partial charge < -0.3 is 5.11 Å². The molecule has 0 aromatic heterocycles. The Morgan fingerprint density at radius 3 is 1.60 bits per heavy atom. The standard InChI is InChI=1S/C62H56I2O/c1-57(2,3)32-20-22-33(23-21-32)61-45-31-35(59(7,8)9)25-27-40(45)48-52(61)53-46-36(18-15-19-42(46)56(48)64)43-30-34(58(4,5)6)24-26-37(43)47-44(60(10,11)12)29-28-41-49-54(62(53,65)50(41)47)51(61)38-16-13-14-17-39(38)55(49)63/h13-31,65H,1-12H3. The number of aliphatic hydroxyl groups is 1. The zero-order chi connectivity index (χ0) is 45.9. The molecular weight excluding hydrogens is 1010 g/mol. The van der Waals surface area contributed by atoms with Gasteiger partial charge in [0, 0.05) is 35.0 Å². The van der Waals surface area contributed by atoms with Crippen molar-refractivity contribution in [3.63, 3.8) is 0 Å². The molecule has 2 atom stereocenters. The highest BCUT2D eigenvalue weighted by Gasteiger charge is 2.63. The average molecular weight is 1070 g/mol. The molecule has 12 rings (SSSR count). The van der Waals surface area contributed by atoms with Gasteiger partial charge in [0.05, 0.1) is 5.41 Å². The Balaban J connectivity index is 1.44. The quantitative estimate of drug-likeness (QED) is 0.162. The van der Waals surface area contributed by atoms with Gasteiger partial charge in [-0.15, -0.1) is 0 Å². The predicted octanol–water partition coefficient (Wildman–Crippen LogP) is 17.0. The Bertz CT molecular complexity index is 3490. The highest BCUT2D eigenvalue weighted by atomic mass is 127. The molecule has 0 fully saturated rings. The molecule has 8 aromatic carbocycles. The second-order valence-corrected chi connectivity index (χ2v) is 25.8. The zero-order valence-electron chi connectivity index (χ0n) is 39.7. The average Bonchev–Trinajstić information content (AvgIpc) is 3.70. The van der Waals surface area contributed by atoms with Crippen molar-refractivity contribution in [3.8, 4) is 44.5 Å². The van der Waals surface area contributed by atoms with Crippen LogP contribution in [0.5, 0.6) is 0 Å². The van der Waals surface area contributed by atoms with E-state index in [-0.39, 0.29) is 21.7 Å². The lowest BCUT2D eigenvalue weighted by Gasteiger charge is -2.48. The van der Waals surface area contributed by atoms with Crippen molar-refractivity contribution >= 4 is 66.7 Å². The molecule has 1 N–H and O–H groups in total. The molecule has 2 unspecified atom stereocenters. The summed E-state index contributed by atoms with van der Waals surface area (Å²) in [4.78, 5) is 0. The maximum atomic E-state index is 15.3. The van der Waals surface area contributed by atoms with Crippen molar-refractivity contribution in [2.24, 2.45) is 0 Å². The molecule has 324 valence electrons. The van der Waals surface area contributed by atoms with E-state index in [1.165, 1.54) is 112 Å². The first-order valence-electron chi connectivity index (χ1n) is 23.4. The van der Waals surface area contributed by atoms with Gasteiger partial charge in [0.2, 0.25) is 0 Å². The summed E-state index contributed by atoms with van der Waals surface area (Å²) in [5.74, 6) is 0. The Labute approximate surface area is 412 Å². The molecule has 0 aliphatic heterocycles. The highest BCUT2D eigenvalue weighted by molar-refractivity contribution is 14.1. The van der Waals surface area contributed by atoms with E-state index in [2.05, 4.69) is 244 Å². The molecule has 0 heterocycles. The summed E-state index contributed by atoms with van der Waals surface area (Å²) in [6.45, 7) is 28.0. The van der Waals surface area contributed by atoms with Gasteiger partial charge in [-0.1, -0.05) is 192 Å². The van der Waals surface area contributed by atoms with E-state index in [1.807, 2.05) is 0 Å². The Morgan fingerprint density at radius 1 is 0.400 bits per heavy atom. The topological polar surface area (TPSA) is 20.2 Å². The number of fused-ring (bicyclic) bond motifs is 10. The lowest BCUT2D eigenvalue weighted by atomic mass is 9.55. The molecule has 8 aromatic rings. The number of hydrogen-bond donors (Lipinski definition) is 1. The first-order valence-corrected chi connectivity index (χ1v) is 25.5. The van der Waals surface area contributed by atoms with Crippen LogP contribution >= 0.6 is 45.2 Å². The minimum absolute atomic E-state index is 0.0184. The summed E-state index contributed by atoms with van der Waals surface area (Å²) >= 11 is 5.34. The fourth-order valence-corrected chi connectivity index (χ4v) is 14.7. The minimum Gasteiger partial charge on any atom is -0.376 e. The second-order valence-electron chi connectivity index (χ2n) is 23.6. The molecule has 0 spiro atoms. The van der Waals surface area contributed by atoms with Crippen LogP contribution in [0.1, 0.15) is 144 Å². The Kier molecular flexibility index (Phi) is 8.43. The third-order valence-corrected chi connectivity index (χ3v) is 18.0. The SMILES string of the molecule is CC(C)(C)c1ccc(C23c4cc(C(C)(C)C)ccc4-c4c2c2c5c(cccc5c4I)-c4cc(C(C)(C)C)ccc4-c4c(C(C)(C)C)ccc5c4C2(O)c2c-5c(I)c4ccccc4c23)cc1. The molecule has 0 saturated heterocycles. The molecular formula is C62H56I2O. The van der Waals surface area contributed by atoms with E-state index in [0.29, 0.717) is 0 Å². The molecule has 4 aliphatic rings. The normalized spacial score (nSPS) is 18.8. The third-order valence-electron chi connectivity index (χ3n) is 15.7. The van der Waals surface area contributed by atoms with Gasteiger partial charge in [-0.25, -0.2) is 0 Å². The number of rotatable bonds is 1. The molecule has 1 nitrogen and oxygen atoms in total. The van der Waals surface area contributed by atoms with Crippen LogP contribution in [0.2, 0.25) is 0 Å². The summed E-state index contributed by atoms with van der Waals surface area (Å²) in [5.41, 5.74) is 20.4. The molecule has 0 bridgehead atoms. The van der Waals surface area contributed by atoms with Gasteiger partial charge >= 0.3 is 0 Å². The maximum absolute atomic E-state index is 15.3. The predicted molar refractivity (Wildman–Crippen MR) is 291 cm³/mol. The second kappa shape index (κ2) is 13.0. The fourth-order valence-electron chi connectivity index (χ4n) is 12.6. The molecule has 4 aliphatic carbocycles. The first-order chi connectivity index (χ1) is 30.5. The zero-order valence-corrected chi connectivity index (χ0v) is 44.0. The van der Waals surface area contributed by atoms with Gasteiger partial charge in [0.1, 0.15) is 5.60 Å². The first kappa shape index (κ1) is 42.1. The van der Waals surface area contributed by atoms with Crippen molar-refractivity contribution in [1.29, 1.82) is 0 Å². The molecule has 0 amide bonds. The van der Waals surface area contributed by atoms with Crippen LogP contribution in [0.15, 0.2) is 115 Å². The van der Waals surface area contributed by atoms with Crippen LogP contribution in [0, 0.1) is 7.14 Å². The smallest absolute Gasteiger partial charge is 0.143 e. The van der Waals surface area contributed by atoms with Gasteiger partial charge in [-0.05, 0) is 172 Å². The van der Waals surface area contributed by atoms with E-state index in [9.17, 15) is 0 Å². The third kappa shape index (κ3) is 5.19. The lowest BCUT2D eigenvalue weighted by Crippen LogP contribution is -2.44. The summed E-state index contributed by atoms with van der Waals surface area (Å²) in [6.07, 6.45) is 0. The van der Waals surface area contributed by atoms with Crippen LogP contribution in [-0.2, 0) is 32.7 Å². The van der Waals surface area contributed by atoms with Crippen molar-refractivity contribution in [2.75, 3.05) is 0 Å². The van der Waals surface area contributed by atoms with Crippen LogP contribution in [0.4, 0.5) is 0 Å². The summed E-state index contributed by atoms with van der Waals surface area (Å²) in [6, 6.07) is 45.1. The van der Waals surface area contributed by atoms with Gasteiger partial charge in [-0.3, -0.25) is 0 Å². The van der Waals surface area contributed by atoms with Crippen molar-refractivity contribution in [3.05, 3.63) is 184 Å². The van der Waals surface area contributed by atoms with Gasteiger partial charge in [0.15, 0.2) is 0 Å². The van der Waals surface area contributed by atoms with Crippen LogP contribution in [0.3, 0.4) is 0 Å². The molecule has 65 heavy (non-hydrogen) atoms. The minimum atomic E-state index is -1.48. The van der Waals surface area contributed by atoms with Crippen molar-refractivity contribution in [1.82, 2.24) is 0 Å². The van der Waals surface area contributed by atoms with Crippen molar-refractivity contribution < 1.29 is 5.11 Å². The molecule has 0 radical (unpaired) electrons. The van der Waals surface area contributed by atoms with E-state index >= 15 is 5.11 Å². The monoisotopic (exact) mass is 1070 g/mol. The van der Waals surface area contributed by atoms with E-state index in [4.69, 9.17) is 0 Å². The van der Waals surface area contributed by atoms with Gasteiger partial charge in [0.25, 0.3) is 0 Å². The van der Waals surface area contributed by atoms with Crippen LogP contribution < -0.4 is 0 Å². The number of hydrogen-bond acceptors (Lipinski definition) is 1.